The summed E-state index contributed by atoms with van der Waals surface area (Å²) in [5.74, 6) is -0.529. The Morgan fingerprint density at radius 3 is 1.23 bits per heavy atom. The quantitative estimate of drug-likeness (QED) is 0.0205. The summed E-state index contributed by atoms with van der Waals surface area (Å²) in [6.07, 6.45) is 75.8. The lowest BCUT2D eigenvalue weighted by atomic mass is 10.0. The van der Waals surface area contributed by atoms with E-state index in [9.17, 15) is 19.0 Å². The van der Waals surface area contributed by atoms with Gasteiger partial charge in [-0.2, -0.15) is 0 Å². The summed E-state index contributed by atoms with van der Waals surface area (Å²) in [7, 11) is 1.48. The Morgan fingerprint density at radius 1 is 0.462 bits per heavy atom. The third kappa shape index (κ3) is 57.9. The van der Waals surface area contributed by atoms with E-state index in [0.717, 1.165) is 103 Å². The van der Waals surface area contributed by atoms with E-state index in [1.54, 1.807) is 0 Å². The largest absolute Gasteiger partial charge is 0.472 e. The van der Waals surface area contributed by atoms with E-state index in [2.05, 4.69) is 99.0 Å². The fourth-order valence-corrected chi connectivity index (χ4v) is 9.86. The standard InChI is InChI=1S/C68H123N2O7P/c1-7-10-13-16-19-22-25-28-30-32-33-34-35-36-37-39-40-42-45-48-51-54-57-60-67(71)69-65(64-76-78(73,74)75-63-62-70(4,5)6)66(59-56-53-50-47-44-27-24-21-18-15-12-9-3)77-68(72)61-58-55-52-49-46-43-41-38-31-29-26-23-20-17-14-11-8-2/h10,13,19,22,28,30,33-34,36-37,40,42,56,59,65-66H,7-9,11-12,14-18,20-21,23-27,29,31-32,35,38-39,41,43-55,57-58,60-64H2,1-6H3,(H-,69,71,73,74)/p+1/b13-10-,22-19-,30-28-,34-33-,37-36-,42-40-,59-56-. The molecule has 3 unspecified atom stereocenters. The van der Waals surface area contributed by atoms with Crippen LogP contribution in [0.25, 0.3) is 0 Å². The van der Waals surface area contributed by atoms with Crippen LogP contribution in [0.5, 0.6) is 0 Å². The van der Waals surface area contributed by atoms with Crippen LogP contribution >= 0.6 is 7.82 Å². The average molecular weight is 1110 g/mol. The monoisotopic (exact) mass is 1110 g/mol. The van der Waals surface area contributed by atoms with E-state index in [-0.39, 0.29) is 31.5 Å². The number of phosphoric ester groups is 1. The van der Waals surface area contributed by atoms with Crippen molar-refractivity contribution in [2.45, 2.75) is 296 Å². The van der Waals surface area contributed by atoms with Crippen LogP contribution in [0.4, 0.5) is 0 Å². The SMILES string of the molecule is CC/C=C\C/C=C\C/C=C\C/C=C\C/C=C\C/C=C\CCCCCCC(=O)NC(COP(=O)(O)OCC[N+](C)(C)C)C(/C=C\CCCCCCCCCCCC)OC(=O)CCCCCCCCCCCCCCCCCCC. The van der Waals surface area contributed by atoms with E-state index in [4.69, 9.17) is 13.8 Å². The van der Waals surface area contributed by atoms with E-state index < -0.39 is 20.0 Å². The van der Waals surface area contributed by atoms with Crippen molar-refractivity contribution in [3.63, 3.8) is 0 Å². The smallest absolute Gasteiger partial charge is 0.456 e. The van der Waals surface area contributed by atoms with Gasteiger partial charge in [-0.15, -0.1) is 0 Å². The first-order valence-corrected chi connectivity index (χ1v) is 33.9. The minimum atomic E-state index is -4.46. The topological polar surface area (TPSA) is 111 Å². The second-order valence-corrected chi connectivity index (χ2v) is 24.4. The number of hydrogen-bond acceptors (Lipinski definition) is 6. The van der Waals surface area contributed by atoms with Gasteiger partial charge in [-0.1, -0.05) is 273 Å². The molecule has 0 bridgehead atoms. The van der Waals surface area contributed by atoms with Crippen LogP contribution in [0.1, 0.15) is 284 Å². The molecule has 1 amide bonds. The number of esters is 1. The Hall–Kier alpha value is -2.81. The first-order chi connectivity index (χ1) is 37.9. The lowest BCUT2D eigenvalue weighted by Crippen LogP contribution is -2.47. The fourth-order valence-electron chi connectivity index (χ4n) is 9.12. The summed E-state index contributed by atoms with van der Waals surface area (Å²) in [6, 6.07) is -0.864. The second kappa shape index (κ2) is 57.4. The van der Waals surface area contributed by atoms with Gasteiger partial charge in [-0.05, 0) is 83.1 Å². The molecule has 0 saturated heterocycles. The molecule has 3 atom stereocenters. The van der Waals surface area contributed by atoms with Crippen molar-refractivity contribution in [2.75, 3.05) is 40.9 Å². The molecule has 0 saturated carbocycles. The number of nitrogens with one attached hydrogen (secondary N) is 1. The number of amides is 1. The molecule has 0 aromatic heterocycles. The summed E-state index contributed by atoms with van der Waals surface area (Å²) in [6.45, 7) is 6.89. The predicted octanol–water partition coefficient (Wildman–Crippen LogP) is 20.2. The van der Waals surface area contributed by atoms with Gasteiger partial charge in [-0.25, -0.2) is 4.57 Å². The van der Waals surface area contributed by atoms with Crippen molar-refractivity contribution >= 4 is 19.7 Å². The van der Waals surface area contributed by atoms with Crippen LogP contribution in [-0.2, 0) is 27.9 Å². The Bertz CT molecular complexity index is 1610. The van der Waals surface area contributed by atoms with Gasteiger partial charge in [0, 0.05) is 12.8 Å². The minimum absolute atomic E-state index is 0.0327. The summed E-state index contributed by atoms with van der Waals surface area (Å²) in [5, 5.41) is 3.05. The molecule has 0 aliphatic carbocycles. The van der Waals surface area contributed by atoms with E-state index >= 15 is 0 Å². The number of likely N-dealkylation sites (N-methyl/N-ethyl adjacent to an activating group) is 1. The van der Waals surface area contributed by atoms with Crippen LogP contribution in [0, 0.1) is 0 Å². The van der Waals surface area contributed by atoms with E-state index in [1.807, 2.05) is 33.3 Å². The average Bonchev–Trinajstić information content (AvgIpc) is 3.40. The highest BCUT2D eigenvalue weighted by Gasteiger charge is 2.30. The lowest BCUT2D eigenvalue weighted by molar-refractivity contribution is -0.870. The van der Waals surface area contributed by atoms with Crippen molar-refractivity contribution < 1.29 is 37.3 Å². The molecular formula is C68H124N2O7P+. The number of allylic oxidation sites excluding steroid dienone is 13. The maximum Gasteiger partial charge on any atom is 0.472 e. The summed E-state index contributed by atoms with van der Waals surface area (Å²) in [5.41, 5.74) is 0. The van der Waals surface area contributed by atoms with Crippen LogP contribution in [0.3, 0.4) is 0 Å². The van der Waals surface area contributed by atoms with Gasteiger partial charge in [0.2, 0.25) is 5.91 Å². The van der Waals surface area contributed by atoms with Gasteiger partial charge >= 0.3 is 13.8 Å². The van der Waals surface area contributed by atoms with Crippen molar-refractivity contribution in [1.29, 1.82) is 0 Å². The van der Waals surface area contributed by atoms with E-state index in [0.29, 0.717) is 23.9 Å². The number of rotatable bonds is 58. The summed E-state index contributed by atoms with van der Waals surface area (Å²) in [4.78, 5) is 37.8. The Balaban J connectivity index is 5.25. The van der Waals surface area contributed by atoms with Crippen molar-refractivity contribution in [1.82, 2.24) is 5.32 Å². The molecule has 78 heavy (non-hydrogen) atoms. The lowest BCUT2D eigenvalue weighted by Gasteiger charge is -2.27. The zero-order valence-corrected chi connectivity index (χ0v) is 52.5. The minimum Gasteiger partial charge on any atom is -0.456 e. The summed E-state index contributed by atoms with van der Waals surface area (Å²) < 4.78 is 30.7. The first-order valence-electron chi connectivity index (χ1n) is 32.4. The van der Waals surface area contributed by atoms with Crippen molar-refractivity contribution in [3.05, 3.63) is 85.1 Å². The van der Waals surface area contributed by atoms with Gasteiger partial charge in [0.15, 0.2) is 0 Å². The summed E-state index contributed by atoms with van der Waals surface area (Å²) >= 11 is 0. The first kappa shape index (κ1) is 75.2. The van der Waals surface area contributed by atoms with Gasteiger partial charge in [0.05, 0.1) is 33.8 Å². The highest BCUT2D eigenvalue weighted by Crippen LogP contribution is 2.43. The third-order valence-electron chi connectivity index (χ3n) is 14.1. The van der Waals surface area contributed by atoms with Crippen LogP contribution in [-0.4, -0.2) is 74.3 Å². The number of carbonyl (C=O) groups excluding carboxylic acids is 2. The number of quaternary nitrogens is 1. The number of unbranched alkanes of at least 4 members (excludes halogenated alkanes) is 30. The normalized spacial score (nSPS) is 14.2. The van der Waals surface area contributed by atoms with Gasteiger partial charge in [-0.3, -0.25) is 18.6 Å². The van der Waals surface area contributed by atoms with Crippen molar-refractivity contribution in [2.24, 2.45) is 0 Å². The van der Waals surface area contributed by atoms with Crippen LogP contribution in [0.2, 0.25) is 0 Å². The van der Waals surface area contributed by atoms with E-state index in [1.165, 1.54) is 141 Å². The maximum absolute atomic E-state index is 13.6. The molecule has 0 aliphatic heterocycles. The van der Waals surface area contributed by atoms with Crippen LogP contribution < -0.4 is 5.32 Å². The van der Waals surface area contributed by atoms with Gasteiger partial charge < -0.3 is 19.4 Å². The Kier molecular flexibility index (Phi) is 55.4. The predicted molar refractivity (Wildman–Crippen MR) is 337 cm³/mol. The molecule has 0 heterocycles. The zero-order valence-electron chi connectivity index (χ0n) is 51.6. The highest BCUT2D eigenvalue weighted by molar-refractivity contribution is 7.47. The second-order valence-electron chi connectivity index (χ2n) is 22.9. The zero-order chi connectivity index (χ0) is 57.2. The third-order valence-corrected chi connectivity index (χ3v) is 15.1. The molecular weight excluding hydrogens is 988 g/mol. The number of carbonyl (C=O) groups is 2. The van der Waals surface area contributed by atoms with Gasteiger partial charge in [0.1, 0.15) is 19.3 Å². The van der Waals surface area contributed by atoms with Crippen molar-refractivity contribution in [3.8, 4) is 0 Å². The molecule has 0 fully saturated rings. The Morgan fingerprint density at radius 2 is 0.821 bits per heavy atom. The molecule has 0 aromatic carbocycles. The molecule has 2 N–H and O–H groups in total. The molecule has 452 valence electrons. The molecule has 9 nitrogen and oxygen atoms in total. The number of phosphoric acid groups is 1. The molecule has 0 aliphatic rings. The number of hydrogen-bond donors (Lipinski definition) is 2. The van der Waals surface area contributed by atoms with Crippen LogP contribution in [0.15, 0.2) is 85.1 Å². The highest BCUT2D eigenvalue weighted by atomic mass is 31.2. The molecule has 0 spiro atoms. The van der Waals surface area contributed by atoms with Gasteiger partial charge in [0.25, 0.3) is 0 Å². The molecule has 0 rings (SSSR count). The Labute approximate surface area is 482 Å². The number of ether oxygens (including phenoxy) is 1. The molecule has 0 aromatic rings. The number of nitrogens with zero attached hydrogens (tertiary/aromatic N) is 1. The molecule has 10 heteroatoms. The maximum atomic E-state index is 13.6. The fraction of sp³-hybridized carbons (Fsp3) is 0.765. The molecule has 0 radical (unpaired) electrons.